The number of amides is 1. The van der Waals surface area contributed by atoms with Gasteiger partial charge in [0.05, 0.1) is 0 Å². The van der Waals surface area contributed by atoms with Gasteiger partial charge in [0.15, 0.2) is 0 Å². The molecule has 1 atom stereocenters. The third-order valence-corrected chi connectivity index (χ3v) is 3.53. The summed E-state index contributed by atoms with van der Waals surface area (Å²) in [5, 5.41) is 11.5. The predicted molar refractivity (Wildman–Crippen MR) is 82.2 cm³/mol. The number of ether oxygens (including phenoxy) is 1. The fraction of sp³-hybridized carbons (Fsp3) is 0.375. The molecule has 2 N–H and O–H groups in total. The van der Waals surface area contributed by atoms with Crippen molar-refractivity contribution in [1.29, 1.82) is 0 Å². The molecule has 0 saturated heterocycles. The van der Waals surface area contributed by atoms with Crippen LogP contribution in [0.15, 0.2) is 24.3 Å². The molecule has 0 bridgehead atoms. The lowest BCUT2D eigenvalue weighted by Gasteiger charge is -2.25. The van der Waals surface area contributed by atoms with Crippen LogP contribution in [0.2, 0.25) is 0 Å². The summed E-state index contributed by atoms with van der Waals surface area (Å²) in [6.45, 7) is 5.48. The van der Waals surface area contributed by atoms with Crippen molar-refractivity contribution in [3.05, 3.63) is 35.4 Å². The Morgan fingerprint density at radius 2 is 2.10 bits per heavy atom. The number of aliphatic carboxylic acids is 1. The highest BCUT2D eigenvalue weighted by molar-refractivity contribution is 5.98. The number of benzene rings is 1. The number of anilines is 1. The van der Waals surface area contributed by atoms with Gasteiger partial charge in [-0.2, -0.15) is 0 Å². The summed E-state index contributed by atoms with van der Waals surface area (Å²) in [5.74, 6) is -1.24. The van der Waals surface area contributed by atoms with E-state index in [1.165, 1.54) is 13.2 Å². The third-order valence-electron chi connectivity index (χ3n) is 3.53. The molecule has 0 aliphatic carbocycles. The molecule has 1 aromatic rings. The molecule has 0 heterocycles. The topological polar surface area (TPSA) is 75.6 Å². The molecular weight excluding hydrogens is 270 g/mol. The first-order valence-corrected chi connectivity index (χ1v) is 6.70. The summed E-state index contributed by atoms with van der Waals surface area (Å²) >= 11 is 0. The van der Waals surface area contributed by atoms with Crippen LogP contribution in [0.1, 0.15) is 31.4 Å². The fourth-order valence-electron chi connectivity index (χ4n) is 1.70. The first-order valence-electron chi connectivity index (χ1n) is 6.70. The van der Waals surface area contributed by atoms with Gasteiger partial charge in [-0.25, -0.2) is 4.79 Å². The van der Waals surface area contributed by atoms with E-state index in [2.05, 4.69) is 5.32 Å². The van der Waals surface area contributed by atoms with Crippen molar-refractivity contribution < 1.29 is 19.4 Å². The molecule has 1 unspecified atom stereocenters. The monoisotopic (exact) mass is 291 g/mol. The summed E-state index contributed by atoms with van der Waals surface area (Å²) in [4.78, 5) is 22.8. The van der Waals surface area contributed by atoms with Crippen LogP contribution in [0.3, 0.4) is 0 Å². The van der Waals surface area contributed by atoms with E-state index >= 15 is 0 Å². The van der Waals surface area contributed by atoms with E-state index in [0.29, 0.717) is 17.7 Å². The van der Waals surface area contributed by atoms with E-state index in [4.69, 9.17) is 9.84 Å². The number of carbonyl (C=O) groups is 2. The van der Waals surface area contributed by atoms with Crippen molar-refractivity contribution >= 4 is 23.6 Å². The van der Waals surface area contributed by atoms with Crippen LogP contribution >= 0.6 is 0 Å². The molecule has 114 valence electrons. The van der Waals surface area contributed by atoms with Gasteiger partial charge in [0.2, 0.25) is 0 Å². The zero-order chi connectivity index (χ0) is 16.0. The molecule has 1 aromatic carbocycles. The van der Waals surface area contributed by atoms with Gasteiger partial charge >= 0.3 is 5.97 Å². The fourth-order valence-corrected chi connectivity index (χ4v) is 1.70. The van der Waals surface area contributed by atoms with Gasteiger partial charge in [-0.1, -0.05) is 19.1 Å². The van der Waals surface area contributed by atoms with Crippen LogP contribution < -0.4 is 5.32 Å². The Morgan fingerprint density at radius 3 is 2.62 bits per heavy atom. The summed E-state index contributed by atoms with van der Waals surface area (Å²) in [7, 11) is 1.50. The van der Waals surface area contributed by atoms with Crippen LogP contribution in [-0.2, 0) is 14.3 Å². The SMILES string of the molecule is CCC(C)(OC)C(=O)Nc1cc(/C=C/C(=O)O)ccc1C. The Balaban J connectivity index is 3.00. The molecule has 21 heavy (non-hydrogen) atoms. The third kappa shape index (κ3) is 4.43. The van der Waals surface area contributed by atoms with Gasteiger partial charge in [-0.3, -0.25) is 4.79 Å². The number of aryl methyl sites for hydroxylation is 1. The molecule has 1 rings (SSSR count). The van der Waals surface area contributed by atoms with E-state index in [1.807, 2.05) is 19.9 Å². The predicted octanol–water partition coefficient (Wildman–Crippen LogP) is 2.85. The maximum Gasteiger partial charge on any atom is 0.328 e. The van der Waals surface area contributed by atoms with Crippen molar-refractivity contribution in [1.82, 2.24) is 0 Å². The lowest BCUT2D eigenvalue weighted by Crippen LogP contribution is -2.41. The van der Waals surface area contributed by atoms with Crippen LogP contribution in [0, 0.1) is 6.92 Å². The van der Waals surface area contributed by atoms with E-state index in [1.54, 1.807) is 19.1 Å². The minimum Gasteiger partial charge on any atom is -0.478 e. The maximum atomic E-state index is 12.3. The van der Waals surface area contributed by atoms with Gasteiger partial charge in [0.25, 0.3) is 5.91 Å². The summed E-state index contributed by atoms with van der Waals surface area (Å²) < 4.78 is 5.27. The van der Waals surface area contributed by atoms with E-state index in [9.17, 15) is 9.59 Å². The number of hydrogen-bond acceptors (Lipinski definition) is 3. The van der Waals surface area contributed by atoms with Gasteiger partial charge in [0.1, 0.15) is 5.60 Å². The number of rotatable bonds is 6. The summed E-state index contributed by atoms with van der Waals surface area (Å²) in [5.41, 5.74) is 1.35. The average Bonchev–Trinajstić information content (AvgIpc) is 2.46. The van der Waals surface area contributed by atoms with E-state index in [-0.39, 0.29) is 5.91 Å². The zero-order valence-electron chi connectivity index (χ0n) is 12.8. The smallest absolute Gasteiger partial charge is 0.328 e. The van der Waals surface area contributed by atoms with Crippen molar-refractivity contribution in [2.75, 3.05) is 12.4 Å². The van der Waals surface area contributed by atoms with Gasteiger partial charge in [-0.15, -0.1) is 0 Å². The molecular formula is C16H21NO4. The lowest BCUT2D eigenvalue weighted by molar-refractivity contribution is -0.136. The second-order valence-corrected chi connectivity index (χ2v) is 4.99. The lowest BCUT2D eigenvalue weighted by atomic mass is 10.0. The first-order chi connectivity index (χ1) is 9.82. The minimum atomic E-state index is -1.01. The van der Waals surface area contributed by atoms with Crippen LogP contribution in [0.5, 0.6) is 0 Å². The number of carbonyl (C=O) groups excluding carboxylic acids is 1. The molecule has 1 amide bonds. The molecule has 0 aromatic heterocycles. The molecule has 0 spiro atoms. The molecule has 5 nitrogen and oxygen atoms in total. The number of carboxylic acids is 1. The Labute approximate surface area is 124 Å². The quantitative estimate of drug-likeness (QED) is 0.790. The first kappa shape index (κ1) is 16.9. The highest BCUT2D eigenvalue weighted by atomic mass is 16.5. The number of carboxylic acid groups (broad SMARTS) is 1. The van der Waals surface area contributed by atoms with Crippen LogP contribution in [-0.4, -0.2) is 29.7 Å². The number of nitrogens with one attached hydrogen (secondary N) is 1. The van der Waals surface area contributed by atoms with Gasteiger partial charge < -0.3 is 15.2 Å². The van der Waals surface area contributed by atoms with E-state index in [0.717, 1.165) is 11.6 Å². The highest BCUT2D eigenvalue weighted by Gasteiger charge is 2.31. The van der Waals surface area contributed by atoms with E-state index < -0.39 is 11.6 Å². The Kier molecular flexibility index (Phi) is 5.67. The Bertz CT molecular complexity index is 559. The normalized spacial score (nSPS) is 13.9. The summed E-state index contributed by atoms with van der Waals surface area (Å²) in [6, 6.07) is 5.35. The van der Waals surface area contributed by atoms with Crippen molar-refractivity contribution in [3.8, 4) is 0 Å². The second kappa shape index (κ2) is 7.04. The number of hydrogen-bond donors (Lipinski definition) is 2. The molecule has 5 heteroatoms. The molecule has 0 saturated carbocycles. The molecule has 0 aliphatic heterocycles. The Hall–Kier alpha value is -2.14. The second-order valence-electron chi connectivity index (χ2n) is 4.99. The van der Waals surface area contributed by atoms with Crippen molar-refractivity contribution in [2.24, 2.45) is 0 Å². The standard InChI is InChI=1S/C16H21NO4/c1-5-16(3,21-4)15(20)17-13-10-12(7-6-11(13)2)8-9-14(18)19/h6-10H,5H2,1-4H3,(H,17,20)(H,18,19)/b9-8+. The van der Waals surface area contributed by atoms with Crippen LogP contribution in [0.25, 0.3) is 6.08 Å². The molecule has 0 fully saturated rings. The summed E-state index contributed by atoms with van der Waals surface area (Å²) in [6.07, 6.45) is 3.08. The molecule has 0 aliphatic rings. The van der Waals surface area contributed by atoms with Gasteiger partial charge in [0, 0.05) is 18.9 Å². The van der Waals surface area contributed by atoms with Crippen molar-refractivity contribution in [3.63, 3.8) is 0 Å². The molecule has 0 radical (unpaired) electrons. The van der Waals surface area contributed by atoms with Gasteiger partial charge in [-0.05, 0) is 43.5 Å². The van der Waals surface area contributed by atoms with Crippen LogP contribution in [0.4, 0.5) is 5.69 Å². The average molecular weight is 291 g/mol. The zero-order valence-corrected chi connectivity index (χ0v) is 12.8. The minimum absolute atomic E-state index is 0.227. The highest BCUT2D eigenvalue weighted by Crippen LogP contribution is 2.22. The largest absolute Gasteiger partial charge is 0.478 e. The Morgan fingerprint density at radius 1 is 1.43 bits per heavy atom. The van der Waals surface area contributed by atoms with Crippen molar-refractivity contribution in [2.45, 2.75) is 32.8 Å². The number of methoxy groups -OCH3 is 1. The maximum absolute atomic E-state index is 12.3.